The molecule has 100 valence electrons. The van der Waals surface area contributed by atoms with Gasteiger partial charge in [0.1, 0.15) is 0 Å². The molecular formula is C9H13N3O4S2. The Balaban J connectivity index is 2.03. The largest absolute Gasteiger partial charge is 0.476 e. The second kappa shape index (κ2) is 4.82. The highest BCUT2D eigenvalue weighted by Crippen LogP contribution is 2.22. The van der Waals surface area contributed by atoms with Gasteiger partial charge in [-0.25, -0.2) is 18.2 Å². The summed E-state index contributed by atoms with van der Waals surface area (Å²) in [7, 11) is -3.14. The third-order valence-corrected chi connectivity index (χ3v) is 4.89. The fourth-order valence-corrected chi connectivity index (χ4v) is 3.40. The Bertz CT molecular complexity index is 546. The number of carbonyl (C=O) groups is 1. The molecule has 0 amide bonds. The molecule has 2 rings (SSSR count). The van der Waals surface area contributed by atoms with E-state index in [2.05, 4.69) is 4.98 Å². The zero-order chi connectivity index (χ0) is 13.3. The van der Waals surface area contributed by atoms with Crippen LogP contribution in [0, 0.1) is 0 Å². The molecule has 0 unspecified atom stereocenters. The minimum atomic E-state index is -3.14. The molecule has 7 nitrogen and oxygen atoms in total. The Kier molecular flexibility index (Phi) is 3.55. The summed E-state index contributed by atoms with van der Waals surface area (Å²) in [5.41, 5.74) is 0.0283. The highest BCUT2D eigenvalue weighted by molar-refractivity contribution is 7.88. The first kappa shape index (κ1) is 13.2. The maximum Gasteiger partial charge on any atom is 0.355 e. The number of aromatic nitrogens is 1. The minimum Gasteiger partial charge on any atom is -0.476 e. The van der Waals surface area contributed by atoms with Crippen molar-refractivity contribution in [1.29, 1.82) is 0 Å². The van der Waals surface area contributed by atoms with Crippen LogP contribution in [0.4, 0.5) is 5.13 Å². The first-order valence-electron chi connectivity index (χ1n) is 5.27. The fourth-order valence-electron chi connectivity index (χ4n) is 1.72. The summed E-state index contributed by atoms with van der Waals surface area (Å²) in [5, 5.41) is 10.9. The summed E-state index contributed by atoms with van der Waals surface area (Å²) in [6, 6.07) is 0. The van der Waals surface area contributed by atoms with Crippen molar-refractivity contribution in [3.05, 3.63) is 11.1 Å². The average molecular weight is 291 g/mol. The second-order valence-electron chi connectivity index (χ2n) is 3.97. The maximum absolute atomic E-state index is 11.3. The van der Waals surface area contributed by atoms with E-state index in [1.807, 2.05) is 4.90 Å². The van der Waals surface area contributed by atoms with Gasteiger partial charge in [-0.3, -0.25) is 0 Å². The van der Waals surface area contributed by atoms with Gasteiger partial charge in [0.05, 0.1) is 6.26 Å². The number of hydrogen-bond acceptors (Lipinski definition) is 6. The number of rotatable bonds is 3. The van der Waals surface area contributed by atoms with Crippen molar-refractivity contribution in [3.63, 3.8) is 0 Å². The van der Waals surface area contributed by atoms with Gasteiger partial charge in [-0.05, 0) is 0 Å². The van der Waals surface area contributed by atoms with Gasteiger partial charge in [0.25, 0.3) is 0 Å². The molecule has 1 fully saturated rings. The van der Waals surface area contributed by atoms with Gasteiger partial charge in [0, 0.05) is 31.6 Å². The predicted octanol–water partition coefficient (Wildman–Crippen LogP) is -0.0771. The highest BCUT2D eigenvalue weighted by Gasteiger charge is 2.25. The molecule has 2 heterocycles. The molecule has 0 saturated carbocycles. The zero-order valence-electron chi connectivity index (χ0n) is 9.74. The van der Waals surface area contributed by atoms with Crippen LogP contribution >= 0.6 is 11.3 Å². The molecule has 0 atom stereocenters. The quantitative estimate of drug-likeness (QED) is 0.838. The number of piperazine rings is 1. The van der Waals surface area contributed by atoms with Crippen LogP contribution in [0.3, 0.4) is 0 Å². The second-order valence-corrected chi connectivity index (χ2v) is 6.79. The van der Waals surface area contributed by atoms with E-state index in [1.165, 1.54) is 27.3 Å². The smallest absolute Gasteiger partial charge is 0.355 e. The highest BCUT2D eigenvalue weighted by atomic mass is 32.2. The van der Waals surface area contributed by atoms with Crippen LogP contribution in [0.2, 0.25) is 0 Å². The summed E-state index contributed by atoms with van der Waals surface area (Å²) in [6.07, 6.45) is 1.19. The lowest BCUT2D eigenvalue weighted by atomic mass is 10.4. The van der Waals surface area contributed by atoms with Crippen LogP contribution < -0.4 is 4.90 Å². The number of carboxylic acid groups (broad SMARTS) is 1. The van der Waals surface area contributed by atoms with Crippen molar-refractivity contribution < 1.29 is 18.3 Å². The van der Waals surface area contributed by atoms with Crippen LogP contribution in [-0.2, 0) is 10.0 Å². The van der Waals surface area contributed by atoms with Gasteiger partial charge < -0.3 is 10.0 Å². The molecule has 0 aliphatic carbocycles. The molecular weight excluding hydrogens is 278 g/mol. The van der Waals surface area contributed by atoms with Crippen molar-refractivity contribution in [1.82, 2.24) is 9.29 Å². The lowest BCUT2D eigenvalue weighted by Crippen LogP contribution is -2.48. The first-order valence-corrected chi connectivity index (χ1v) is 7.99. The maximum atomic E-state index is 11.3. The zero-order valence-corrected chi connectivity index (χ0v) is 11.4. The Hall–Kier alpha value is -1.19. The monoisotopic (exact) mass is 291 g/mol. The van der Waals surface area contributed by atoms with Crippen LogP contribution in [0.5, 0.6) is 0 Å². The number of nitrogens with zero attached hydrogens (tertiary/aromatic N) is 3. The van der Waals surface area contributed by atoms with Crippen molar-refractivity contribution in [3.8, 4) is 0 Å². The standard InChI is InChI=1S/C9H13N3O4S2/c1-18(15,16)12-4-2-11(3-5-12)9-10-7(6-17-9)8(13)14/h6H,2-5H2,1H3,(H,13,14). The molecule has 0 radical (unpaired) electrons. The van der Waals surface area contributed by atoms with E-state index in [0.717, 1.165) is 0 Å². The van der Waals surface area contributed by atoms with Gasteiger partial charge in [-0.1, -0.05) is 0 Å². The molecule has 0 aromatic carbocycles. The molecule has 1 N–H and O–H groups in total. The number of hydrogen-bond donors (Lipinski definition) is 1. The Labute approximate surface area is 109 Å². The van der Waals surface area contributed by atoms with Gasteiger partial charge in [-0.15, -0.1) is 11.3 Å². The summed E-state index contributed by atoms with van der Waals surface area (Å²) in [4.78, 5) is 16.6. The van der Waals surface area contributed by atoms with Crippen molar-refractivity contribution in [2.45, 2.75) is 0 Å². The Morgan fingerprint density at radius 3 is 2.44 bits per heavy atom. The van der Waals surface area contributed by atoms with E-state index < -0.39 is 16.0 Å². The number of aromatic carboxylic acids is 1. The molecule has 1 aromatic heterocycles. The predicted molar refractivity (Wildman–Crippen MR) is 67.7 cm³/mol. The molecule has 1 saturated heterocycles. The van der Waals surface area contributed by atoms with Crippen LogP contribution in [-0.4, -0.2) is 61.2 Å². The van der Waals surface area contributed by atoms with Gasteiger partial charge in [0.15, 0.2) is 10.8 Å². The van der Waals surface area contributed by atoms with Crippen molar-refractivity contribution in [2.75, 3.05) is 37.3 Å². The summed E-state index contributed by atoms with van der Waals surface area (Å²) >= 11 is 1.26. The Morgan fingerprint density at radius 2 is 2.00 bits per heavy atom. The molecule has 9 heteroatoms. The van der Waals surface area contributed by atoms with Gasteiger partial charge in [0.2, 0.25) is 10.0 Å². The van der Waals surface area contributed by atoms with Crippen LogP contribution in [0.25, 0.3) is 0 Å². The van der Waals surface area contributed by atoms with Crippen molar-refractivity contribution in [2.24, 2.45) is 0 Å². The molecule has 1 aliphatic rings. The average Bonchev–Trinajstić information content (AvgIpc) is 2.77. The molecule has 0 spiro atoms. The topological polar surface area (TPSA) is 90.8 Å². The minimum absolute atomic E-state index is 0.0283. The molecule has 1 aliphatic heterocycles. The van der Waals surface area contributed by atoms with E-state index >= 15 is 0 Å². The third-order valence-electron chi connectivity index (χ3n) is 2.69. The van der Waals surface area contributed by atoms with E-state index in [0.29, 0.717) is 31.3 Å². The van der Waals surface area contributed by atoms with E-state index in [-0.39, 0.29) is 5.69 Å². The number of anilines is 1. The van der Waals surface area contributed by atoms with Gasteiger partial charge >= 0.3 is 5.97 Å². The van der Waals surface area contributed by atoms with E-state index in [1.54, 1.807) is 0 Å². The lowest BCUT2D eigenvalue weighted by molar-refractivity contribution is 0.0691. The third kappa shape index (κ3) is 2.79. The van der Waals surface area contributed by atoms with E-state index in [9.17, 15) is 13.2 Å². The SMILES string of the molecule is CS(=O)(=O)N1CCN(c2nc(C(=O)O)cs2)CC1. The molecule has 18 heavy (non-hydrogen) atoms. The number of carboxylic acids is 1. The van der Waals surface area contributed by atoms with Crippen LogP contribution in [0.1, 0.15) is 10.5 Å². The van der Waals surface area contributed by atoms with E-state index in [4.69, 9.17) is 5.11 Å². The van der Waals surface area contributed by atoms with Crippen LogP contribution in [0.15, 0.2) is 5.38 Å². The van der Waals surface area contributed by atoms with Crippen molar-refractivity contribution >= 4 is 32.5 Å². The lowest BCUT2D eigenvalue weighted by Gasteiger charge is -2.32. The number of thiazole rings is 1. The number of sulfonamides is 1. The fraction of sp³-hybridized carbons (Fsp3) is 0.556. The normalized spacial score (nSPS) is 17.9. The summed E-state index contributed by atoms with van der Waals surface area (Å²) < 4.78 is 24.1. The summed E-state index contributed by atoms with van der Waals surface area (Å²) in [6.45, 7) is 1.86. The molecule has 1 aromatic rings. The van der Waals surface area contributed by atoms with Gasteiger partial charge in [-0.2, -0.15) is 4.31 Å². The Morgan fingerprint density at radius 1 is 1.39 bits per heavy atom. The molecule has 0 bridgehead atoms. The summed E-state index contributed by atoms with van der Waals surface area (Å²) in [5.74, 6) is -1.05. The first-order chi connectivity index (χ1) is 8.38.